The summed E-state index contributed by atoms with van der Waals surface area (Å²) in [7, 11) is 0. The highest BCUT2D eigenvalue weighted by Gasteiger charge is 2.44. The number of nitrogens with zero attached hydrogens (tertiary/aromatic N) is 3. The molecule has 0 spiro atoms. The van der Waals surface area contributed by atoms with E-state index in [0.717, 1.165) is 37.5 Å². The quantitative estimate of drug-likeness (QED) is 0.701. The highest BCUT2D eigenvalue weighted by Crippen LogP contribution is 2.29. The number of hydrogen-bond acceptors (Lipinski definition) is 6. The van der Waals surface area contributed by atoms with Gasteiger partial charge in [-0.2, -0.15) is 0 Å². The molecule has 24 heavy (non-hydrogen) atoms. The lowest BCUT2D eigenvalue weighted by Gasteiger charge is -2.28. The van der Waals surface area contributed by atoms with Gasteiger partial charge in [-0.3, -0.25) is 19.3 Å². The van der Waals surface area contributed by atoms with Gasteiger partial charge in [-0.15, -0.1) is 0 Å². The maximum absolute atomic E-state index is 12.8. The molecule has 4 heterocycles. The molecule has 0 radical (unpaired) electrons. The summed E-state index contributed by atoms with van der Waals surface area (Å²) in [5.41, 5.74) is 0.638. The van der Waals surface area contributed by atoms with Crippen LogP contribution in [-0.4, -0.2) is 66.4 Å². The Morgan fingerprint density at radius 3 is 2.54 bits per heavy atom. The van der Waals surface area contributed by atoms with Gasteiger partial charge in [0.2, 0.25) is 5.91 Å². The van der Waals surface area contributed by atoms with Gasteiger partial charge < -0.3 is 15.5 Å². The first-order chi connectivity index (χ1) is 11.7. The van der Waals surface area contributed by atoms with Crippen LogP contribution >= 0.6 is 0 Å². The lowest BCUT2D eigenvalue weighted by atomic mass is 10.1. The zero-order valence-corrected chi connectivity index (χ0v) is 13.2. The number of aromatic nitrogens is 1. The van der Waals surface area contributed by atoms with Gasteiger partial charge in [0.25, 0.3) is 11.8 Å². The lowest BCUT2D eigenvalue weighted by Crippen LogP contribution is -2.52. The minimum atomic E-state index is -0.714. The van der Waals surface area contributed by atoms with Crippen molar-refractivity contribution in [2.45, 2.75) is 18.9 Å². The lowest BCUT2D eigenvalue weighted by molar-refractivity contribution is -0.126. The normalized spacial score (nSPS) is 24.2. The van der Waals surface area contributed by atoms with Gasteiger partial charge in [0, 0.05) is 38.9 Å². The second kappa shape index (κ2) is 5.86. The minimum absolute atomic E-state index is 0.258. The summed E-state index contributed by atoms with van der Waals surface area (Å²) >= 11 is 0. The molecule has 0 bridgehead atoms. The van der Waals surface area contributed by atoms with Crippen molar-refractivity contribution in [2.24, 2.45) is 0 Å². The summed E-state index contributed by atoms with van der Waals surface area (Å²) in [4.78, 5) is 44.9. The molecule has 3 amide bonds. The van der Waals surface area contributed by atoms with Gasteiger partial charge in [0.15, 0.2) is 0 Å². The molecule has 4 rings (SSSR count). The number of hydrogen-bond donors (Lipinski definition) is 2. The van der Waals surface area contributed by atoms with Crippen LogP contribution in [0, 0.1) is 0 Å². The van der Waals surface area contributed by atoms with Crippen LogP contribution in [0.1, 0.15) is 33.6 Å². The van der Waals surface area contributed by atoms with Gasteiger partial charge >= 0.3 is 0 Å². The van der Waals surface area contributed by atoms with Crippen molar-refractivity contribution in [2.75, 3.05) is 37.6 Å². The van der Waals surface area contributed by atoms with Crippen molar-refractivity contribution in [3.63, 3.8) is 0 Å². The number of carbonyl (C=O) groups excluding carboxylic acids is 3. The Kier molecular flexibility index (Phi) is 3.68. The molecule has 1 atom stereocenters. The first-order valence-electron chi connectivity index (χ1n) is 8.28. The molecule has 1 unspecified atom stereocenters. The maximum atomic E-state index is 12.8. The topological polar surface area (TPSA) is 94.6 Å². The number of amides is 3. The van der Waals surface area contributed by atoms with Crippen LogP contribution < -0.4 is 15.5 Å². The Bertz CT molecular complexity index is 714. The number of piperidine rings is 1. The second-order valence-electron chi connectivity index (χ2n) is 6.25. The molecule has 126 valence electrons. The molecule has 2 saturated heterocycles. The SMILES string of the molecule is O=C1NCCCC1N1C(=O)c2cnc(N3CCNCC3)cc2C1=O. The van der Waals surface area contributed by atoms with Crippen LogP contribution in [0.2, 0.25) is 0 Å². The summed E-state index contributed by atoms with van der Waals surface area (Å²) in [5.74, 6) is -0.371. The van der Waals surface area contributed by atoms with Crippen molar-refractivity contribution >= 4 is 23.5 Å². The number of anilines is 1. The number of rotatable bonds is 2. The molecule has 0 saturated carbocycles. The van der Waals surface area contributed by atoms with Gasteiger partial charge in [0.05, 0.1) is 11.1 Å². The number of piperazine rings is 1. The Labute approximate surface area is 139 Å². The van der Waals surface area contributed by atoms with E-state index >= 15 is 0 Å². The number of pyridine rings is 1. The number of nitrogens with one attached hydrogen (secondary N) is 2. The van der Waals surface area contributed by atoms with E-state index in [1.807, 2.05) is 0 Å². The van der Waals surface area contributed by atoms with Crippen LogP contribution in [0.3, 0.4) is 0 Å². The molecular formula is C16H19N5O3. The molecule has 3 aliphatic heterocycles. The van der Waals surface area contributed by atoms with Gasteiger partial charge in [0.1, 0.15) is 11.9 Å². The molecule has 3 aliphatic rings. The summed E-state index contributed by atoms with van der Waals surface area (Å²) in [5, 5.41) is 5.99. The first-order valence-corrected chi connectivity index (χ1v) is 8.28. The van der Waals surface area contributed by atoms with E-state index < -0.39 is 17.9 Å². The number of carbonyl (C=O) groups is 3. The van der Waals surface area contributed by atoms with Crippen molar-refractivity contribution < 1.29 is 14.4 Å². The third-order valence-corrected chi connectivity index (χ3v) is 4.80. The van der Waals surface area contributed by atoms with Gasteiger partial charge in [-0.25, -0.2) is 4.98 Å². The average Bonchev–Trinajstić information content (AvgIpc) is 2.87. The summed E-state index contributed by atoms with van der Waals surface area (Å²) in [6.45, 7) is 3.93. The Morgan fingerprint density at radius 1 is 1.04 bits per heavy atom. The molecule has 2 N–H and O–H groups in total. The number of imide groups is 1. The van der Waals surface area contributed by atoms with E-state index in [0.29, 0.717) is 24.3 Å². The second-order valence-corrected chi connectivity index (χ2v) is 6.25. The predicted molar refractivity (Wildman–Crippen MR) is 85.9 cm³/mol. The smallest absolute Gasteiger partial charge is 0.263 e. The van der Waals surface area contributed by atoms with E-state index in [2.05, 4.69) is 20.5 Å². The Hall–Kier alpha value is -2.48. The molecule has 0 aliphatic carbocycles. The molecule has 8 heteroatoms. The predicted octanol–water partition coefficient (Wildman–Crippen LogP) is -0.634. The zero-order chi connectivity index (χ0) is 16.7. The zero-order valence-electron chi connectivity index (χ0n) is 13.2. The molecule has 1 aromatic heterocycles. The molecule has 8 nitrogen and oxygen atoms in total. The highest BCUT2D eigenvalue weighted by molar-refractivity contribution is 6.23. The molecule has 2 fully saturated rings. The molecule has 0 aromatic carbocycles. The molecule has 1 aromatic rings. The molecular weight excluding hydrogens is 310 g/mol. The summed E-state index contributed by atoms with van der Waals surface area (Å²) in [6, 6.07) is 0.968. The van der Waals surface area contributed by atoms with Crippen molar-refractivity contribution in [3.8, 4) is 0 Å². The van der Waals surface area contributed by atoms with Crippen LogP contribution in [0.4, 0.5) is 5.82 Å². The van der Waals surface area contributed by atoms with Crippen LogP contribution in [0.5, 0.6) is 0 Å². The largest absolute Gasteiger partial charge is 0.354 e. The maximum Gasteiger partial charge on any atom is 0.263 e. The summed E-state index contributed by atoms with van der Waals surface area (Å²) in [6.07, 6.45) is 2.73. The summed E-state index contributed by atoms with van der Waals surface area (Å²) < 4.78 is 0. The van der Waals surface area contributed by atoms with E-state index in [9.17, 15) is 14.4 Å². The first kappa shape index (κ1) is 15.1. The average molecular weight is 329 g/mol. The Balaban J connectivity index is 1.64. The van der Waals surface area contributed by atoms with E-state index in [1.54, 1.807) is 6.07 Å². The van der Waals surface area contributed by atoms with Gasteiger partial charge in [-0.05, 0) is 18.9 Å². The fourth-order valence-electron chi connectivity index (χ4n) is 3.50. The third kappa shape index (κ3) is 2.34. The van der Waals surface area contributed by atoms with Gasteiger partial charge in [-0.1, -0.05) is 0 Å². The third-order valence-electron chi connectivity index (χ3n) is 4.80. The van der Waals surface area contributed by atoms with Crippen molar-refractivity contribution in [1.29, 1.82) is 0 Å². The van der Waals surface area contributed by atoms with E-state index in [1.165, 1.54) is 6.20 Å². The fraction of sp³-hybridized carbons (Fsp3) is 0.500. The minimum Gasteiger partial charge on any atom is -0.354 e. The van der Waals surface area contributed by atoms with Crippen molar-refractivity contribution in [3.05, 3.63) is 23.4 Å². The fourth-order valence-corrected chi connectivity index (χ4v) is 3.50. The monoisotopic (exact) mass is 329 g/mol. The van der Waals surface area contributed by atoms with Crippen LogP contribution in [-0.2, 0) is 4.79 Å². The van der Waals surface area contributed by atoms with Crippen LogP contribution in [0.15, 0.2) is 12.3 Å². The number of fused-ring (bicyclic) bond motifs is 1. The van der Waals surface area contributed by atoms with E-state index in [4.69, 9.17) is 0 Å². The van der Waals surface area contributed by atoms with Crippen molar-refractivity contribution in [1.82, 2.24) is 20.5 Å². The van der Waals surface area contributed by atoms with E-state index in [-0.39, 0.29) is 11.5 Å². The Morgan fingerprint density at radius 2 is 1.79 bits per heavy atom. The standard InChI is InChI=1S/C16H19N5O3/c22-14-12(2-1-3-18-14)21-15(23)10-8-13(19-9-11(10)16(21)24)20-6-4-17-5-7-20/h8-9,12,17H,1-7H2,(H,18,22). The van der Waals surface area contributed by atoms with Crippen LogP contribution in [0.25, 0.3) is 0 Å². The highest BCUT2D eigenvalue weighted by atomic mass is 16.2.